The Bertz CT molecular complexity index is 907. The molecule has 1 fully saturated rings. The number of hydrogen-bond donors (Lipinski definition) is 2. The SMILES string of the molecule is CCNC(=NCc1cn2ccsc2n1)NC1CCN(S(=O)(=O)C(F)(F)F)CC1.I. The summed E-state index contributed by atoms with van der Waals surface area (Å²) in [6, 6.07) is -0.164. The second-order valence-corrected chi connectivity index (χ2v) is 9.09. The van der Waals surface area contributed by atoms with Gasteiger partial charge in [-0.25, -0.2) is 18.4 Å². The highest BCUT2D eigenvalue weighted by Crippen LogP contribution is 2.28. The van der Waals surface area contributed by atoms with Gasteiger partial charge in [-0.05, 0) is 19.8 Å². The normalized spacial score (nSPS) is 17.3. The molecule has 0 radical (unpaired) electrons. The summed E-state index contributed by atoms with van der Waals surface area (Å²) in [5.74, 6) is 0.524. The van der Waals surface area contributed by atoms with Crippen LogP contribution >= 0.6 is 35.3 Å². The first-order chi connectivity index (χ1) is 13.2. The lowest BCUT2D eigenvalue weighted by atomic mass is 10.1. The molecular formula is C15H22F3IN6O2S2. The van der Waals surface area contributed by atoms with Gasteiger partial charge in [0.05, 0.1) is 12.2 Å². The lowest BCUT2D eigenvalue weighted by Gasteiger charge is -2.32. The van der Waals surface area contributed by atoms with Crippen LogP contribution in [0.3, 0.4) is 0 Å². The van der Waals surface area contributed by atoms with E-state index < -0.39 is 15.5 Å². The van der Waals surface area contributed by atoms with E-state index >= 15 is 0 Å². The molecule has 1 saturated heterocycles. The van der Waals surface area contributed by atoms with Crippen LogP contribution in [0, 0.1) is 0 Å². The number of aromatic nitrogens is 2. The molecule has 0 saturated carbocycles. The minimum absolute atomic E-state index is 0. The topological polar surface area (TPSA) is 91.1 Å². The van der Waals surface area contributed by atoms with Gasteiger partial charge in [0.15, 0.2) is 10.9 Å². The van der Waals surface area contributed by atoms with Crippen molar-refractivity contribution >= 4 is 56.3 Å². The molecule has 0 aromatic carbocycles. The van der Waals surface area contributed by atoms with Crippen LogP contribution in [0.25, 0.3) is 4.96 Å². The number of guanidine groups is 1. The number of alkyl halides is 3. The largest absolute Gasteiger partial charge is 0.511 e. The lowest BCUT2D eigenvalue weighted by Crippen LogP contribution is -2.51. The number of hydrogen-bond acceptors (Lipinski definition) is 5. The number of nitrogens with zero attached hydrogens (tertiary/aromatic N) is 4. The number of imidazole rings is 1. The molecule has 3 heterocycles. The van der Waals surface area contributed by atoms with E-state index in [1.165, 1.54) is 11.3 Å². The number of nitrogens with one attached hydrogen (secondary N) is 2. The molecule has 0 spiro atoms. The van der Waals surface area contributed by atoms with Crippen molar-refractivity contribution in [2.45, 2.75) is 37.9 Å². The second-order valence-electron chi connectivity index (χ2n) is 6.29. The average molecular weight is 566 g/mol. The van der Waals surface area contributed by atoms with E-state index in [1.807, 2.05) is 29.1 Å². The summed E-state index contributed by atoms with van der Waals surface area (Å²) in [7, 11) is -5.27. The standard InChI is InChI=1S/C15H21F3N6O2S2.HI/c1-2-19-13(20-9-12-10-23-7-8-27-14(23)22-12)21-11-3-5-24(6-4-11)28(25,26)15(16,17)18;/h7-8,10-11H,2-6,9H2,1H3,(H2,19,20,21);1H. The predicted octanol–water partition coefficient (Wildman–Crippen LogP) is 2.38. The van der Waals surface area contributed by atoms with E-state index in [9.17, 15) is 21.6 Å². The Morgan fingerprint density at radius 2 is 2.07 bits per heavy atom. The van der Waals surface area contributed by atoms with Gasteiger partial charge in [-0.15, -0.1) is 35.3 Å². The summed E-state index contributed by atoms with van der Waals surface area (Å²) in [6.45, 7) is 2.51. The molecule has 2 aromatic heterocycles. The van der Waals surface area contributed by atoms with Crippen molar-refractivity contribution in [2.24, 2.45) is 4.99 Å². The molecule has 0 amide bonds. The van der Waals surface area contributed by atoms with Crippen LogP contribution in [0.2, 0.25) is 0 Å². The molecule has 0 unspecified atom stereocenters. The molecule has 2 N–H and O–H groups in total. The van der Waals surface area contributed by atoms with E-state index in [1.54, 1.807) is 0 Å². The number of aliphatic imine (C=N–C) groups is 1. The third kappa shape index (κ3) is 5.73. The average Bonchev–Trinajstić information content (AvgIpc) is 3.21. The maximum Gasteiger partial charge on any atom is 0.511 e. The predicted molar refractivity (Wildman–Crippen MR) is 116 cm³/mol. The Hall–Kier alpha value is -1.13. The number of thiazole rings is 1. The molecule has 0 bridgehead atoms. The fraction of sp³-hybridized carbons (Fsp3) is 0.600. The van der Waals surface area contributed by atoms with Crippen molar-refractivity contribution in [3.8, 4) is 0 Å². The molecule has 29 heavy (non-hydrogen) atoms. The first kappa shape index (κ1) is 24.1. The molecule has 0 atom stereocenters. The van der Waals surface area contributed by atoms with E-state index in [0.717, 1.165) is 10.7 Å². The third-order valence-electron chi connectivity index (χ3n) is 4.31. The van der Waals surface area contributed by atoms with Gasteiger partial charge in [-0.2, -0.15) is 17.5 Å². The zero-order chi connectivity index (χ0) is 20.4. The van der Waals surface area contributed by atoms with Gasteiger partial charge in [-0.3, -0.25) is 4.40 Å². The summed E-state index contributed by atoms with van der Waals surface area (Å²) < 4.78 is 63.4. The summed E-state index contributed by atoms with van der Waals surface area (Å²) in [6.07, 6.45) is 4.33. The van der Waals surface area contributed by atoms with E-state index in [-0.39, 0.29) is 55.9 Å². The molecule has 1 aliphatic rings. The number of sulfonamides is 1. The third-order valence-corrected chi connectivity index (χ3v) is 6.71. The molecule has 14 heteroatoms. The lowest BCUT2D eigenvalue weighted by molar-refractivity contribution is -0.0494. The van der Waals surface area contributed by atoms with Gasteiger partial charge in [0.25, 0.3) is 0 Å². The number of piperidine rings is 1. The molecule has 0 aliphatic carbocycles. The Labute approximate surface area is 187 Å². The molecule has 1 aliphatic heterocycles. The summed E-state index contributed by atoms with van der Waals surface area (Å²) in [5, 5.41) is 8.19. The molecule has 2 aromatic rings. The van der Waals surface area contributed by atoms with Gasteiger partial charge in [0.1, 0.15) is 0 Å². The fourth-order valence-electron chi connectivity index (χ4n) is 2.91. The van der Waals surface area contributed by atoms with Gasteiger partial charge < -0.3 is 10.6 Å². The van der Waals surface area contributed by atoms with E-state index in [0.29, 0.717) is 23.4 Å². The van der Waals surface area contributed by atoms with Crippen LogP contribution in [0.15, 0.2) is 22.8 Å². The highest BCUT2D eigenvalue weighted by Gasteiger charge is 2.50. The smallest absolute Gasteiger partial charge is 0.357 e. The fourth-order valence-corrected chi connectivity index (χ4v) is 4.62. The van der Waals surface area contributed by atoms with Crippen molar-refractivity contribution in [2.75, 3.05) is 19.6 Å². The van der Waals surface area contributed by atoms with Crippen molar-refractivity contribution in [1.82, 2.24) is 24.3 Å². The van der Waals surface area contributed by atoms with E-state index in [4.69, 9.17) is 0 Å². The number of halogens is 4. The molecule has 8 nitrogen and oxygen atoms in total. The van der Waals surface area contributed by atoms with Crippen molar-refractivity contribution < 1.29 is 21.6 Å². The number of rotatable bonds is 5. The first-order valence-electron chi connectivity index (χ1n) is 8.73. The maximum absolute atomic E-state index is 12.7. The van der Waals surface area contributed by atoms with Crippen LogP contribution in [0.5, 0.6) is 0 Å². The minimum atomic E-state index is -5.27. The summed E-state index contributed by atoms with van der Waals surface area (Å²) >= 11 is 1.52. The number of fused-ring (bicyclic) bond motifs is 1. The summed E-state index contributed by atoms with van der Waals surface area (Å²) in [4.78, 5) is 9.80. The van der Waals surface area contributed by atoms with Gasteiger partial charge in [-0.1, -0.05) is 0 Å². The van der Waals surface area contributed by atoms with Gasteiger partial charge in [0, 0.05) is 43.4 Å². The van der Waals surface area contributed by atoms with Crippen molar-refractivity contribution in [3.63, 3.8) is 0 Å². The second kappa shape index (κ2) is 9.78. The van der Waals surface area contributed by atoms with Crippen molar-refractivity contribution in [3.05, 3.63) is 23.5 Å². The Balaban J connectivity index is 0.00000300. The first-order valence-corrected chi connectivity index (χ1v) is 11.0. The van der Waals surface area contributed by atoms with Crippen molar-refractivity contribution in [1.29, 1.82) is 0 Å². The molecule has 3 rings (SSSR count). The zero-order valence-electron chi connectivity index (χ0n) is 15.5. The van der Waals surface area contributed by atoms with Crippen LogP contribution < -0.4 is 10.6 Å². The zero-order valence-corrected chi connectivity index (χ0v) is 19.5. The van der Waals surface area contributed by atoms with Crippen LogP contribution in [0.4, 0.5) is 13.2 Å². The Kier molecular flexibility index (Phi) is 8.15. The Morgan fingerprint density at radius 3 is 2.66 bits per heavy atom. The van der Waals surface area contributed by atoms with E-state index in [2.05, 4.69) is 20.6 Å². The molecular weight excluding hydrogens is 544 g/mol. The van der Waals surface area contributed by atoms with Gasteiger partial charge >= 0.3 is 15.5 Å². The monoisotopic (exact) mass is 566 g/mol. The van der Waals surface area contributed by atoms with Crippen LogP contribution in [-0.2, 0) is 16.6 Å². The highest BCUT2D eigenvalue weighted by molar-refractivity contribution is 14.0. The quantitative estimate of drug-likeness (QED) is 0.330. The van der Waals surface area contributed by atoms with Crippen LogP contribution in [0.1, 0.15) is 25.5 Å². The molecule has 164 valence electrons. The summed E-state index contributed by atoms with van der Waals surface area (Å²) in [5.41, 5.74) is -4.46. The van der Waals surface area contributed by atoms with Crippen LogP contribution in [-0.4, -0.2) is 59.3 Å². The maximum atomic E-state index is 12.7. The van der Waals surface area contributed by atoms with Gasteiger partial charge in [0.2, 0.25) is 0 Å². The Morgan fingerprint density at radius 1 is 1.38 bits per heavy atom. The highest BCUT2D eigenvalue weighted by atomic mass is 127. The minimum Gasteiger partial charge on any atom is -0.357 e.